The van der Waals surface area contributed by atoms with Crippen molar-refractivity contribution in [2.24, 2.45) is 0 Å². The SMILES string of the molecule is O=C(c1ncccc1O)N1CCSC2CCCCC21. The third-order valence-corrected chi connectivity index (χ3v) is 5.38. The Morgan fingerprint density at radius 1 is 1.42 bits per heavy atom. The highest BCUT2D eigenvalue weighted by atomic mass is 32.2. The number of aromatic nitrogens is 1. The molecule has 1 aliphatic heterocycles. The van der Waals surface area contributed by atoms with Gasteiger partial charge in [-0.1, -0.05) is 12.8 Å². The number of pyridine rings is 1. The second-order valence-corrected chi connectivity index (χ2v) is 6.48. The van der Waals surface area contributed by atoms with E-state index in [4.69, 9.17) is 0 Å². The number of carbonyl (C=O) groups is 1. The van der Waals surface area contributed by atoms with Gasteiger partial charge in [0.1, 0.15) is 5.75 Å². The van der Waals surface area contributed by atoms with Gasteiger partial charge in [0, 0.05) is 29.8 Å². The van der Waals surface area contributed by atoms with E-state index in [0.29, 0.717) is 11.3 Å². The van der Waals surface area contributed by atoms with Crippen LogP contribution in [-0.2, 0) is 0 Å². The third kappa shape index (κ3) is 2.43. The summed E-state index contributed by atoms with van der Waals surface area (Å²) in [5.74, 6) is 0.855. The lowest BCUT2D eigenvalue weighted by molar-refractivity contribution is 0.0637. The predicted molar refractivity (Wildman–Crippen MR) is 75.4 cm³/mol. The molecular weight excluding hydrogens is 260 g/mol. The summed E-state index contributed by atoms with van der Waals surface area (Å²) in [6.07, 6.45) is 6.30. The molecule has 3 rings (SSSR count). The topological polar surface area (TPSA) is 53.4 Å². The zero-order chi connectivity index (χ0) is 13.2. The van der Waals surface area contributed by atoms with E-state index in [-0.39, 0.29) is 17.4 Å². The Bertz CT molecular complexity index is 478. The molecule has 2 fully saturated rings. The van der Waals surface area contributed by atoms with Crippen molar-refractivity contribution in [3.8, 4) is 5.75 Å². The van der Waals surface area contributed by atoms with Gasteiger partial charge < -0.3 is 10.0 Å². The van der Waals surface area contributed by atoms with Crippen LogP contribution in [0.5, 0.6) is 5.75 Å². The molecule has 0 aromatic carbocycles. The van der Waals surface area contributed by atoms with Crippen LogP contribution in [0.15, 0.2) is 18.3 Å². The van der Waals surface area contributed by atoms with E-state index >= 15 is 0 Å². The first-order chi connectivity index (χ1) is 9.27. The van der Waals surface area contributed by atoms with Gasteiger partial charge in [-0.3, -0.25) is 4.79 Å². The fourth-order valence-electron chi connectivity index (χ4n) is 3.05. The largest absolute Gasteiger partial charge is 0.505 e. The summed E-state index contributed by atoms with van der Waals surface area (Å²) in [5.41, 5.74) is 0.193. The molecule has 0 radical (unpaired) electrons. The van der Waals surface area contributed by atoms with Gasteiger partial charge in [0.15, 0.2) is 5.69 Å². The van der Waals surface area contributed by atoms with E-state index < -0.39 is 0 Å². The summed E-state index contributed by atoms with van der Waals surface area (Å²) in [6.45, 7) is 0.765. The molecule has 2 unspecified atom stereocenters. The minimum absolute atomic E-state index is 0.0157. The van der Waals surface area contributed by atoms with Crippen LogP contribution in [0.1, 0.15) is 36.2 Å². The fourth-order valence-corrected chi connectivity index (χ4v) is 4.49. The van der Waals surface area contributed by atoms with Crippen LogP contribution >= 0.6 is 11.8 Å². The van der Waals surface area contributed by atoms with Gasteiger partial charge in [-0.15, -0.1) is 0 Å². The number of amides is 1. The number of nitrogens with zero attached hydrogens (tertiary/aromatic N) is 2. The number of thioether (sulfide) groups is 1. The van der Waals surface area contributed by atoms with Gasteiger partial charge in [0.2, 0.25) is 0 Å². The molecule has 1 amide bonds. The van der Waals surface area contributed by atoms with Crippen LogP contribution < -0.4 is 0 Å². The number of hydrogen-bond acceptors (Lipinski definition) is 4. The van der Waals surface area contributed by atoms with Crippen LogP contribution in [0.2, 0.25) is 0 Å². The van der Waals surface area contributed by atoms with Gasteiger partial charge in [-0.25, -0.2) is 4.98 Å². The molecule has 1 aromatic heterocycles. The van der Waals surface area contributed by atoms with Crippen molar-refractivity contribution >= 4 is 17.7 Å². The molecule has 102 valence electrons. The summed E-state index contributed by atoms with van der Waals surface area (Å²) < 4.78 is 0. The van der Waals surface area contributed by atoms with Gasteiger partial charge in [-0.05, 0) is 25.0 Å². The average molecular weight is 278 g/mol. The monoisotopic (exact) mass is 278 g/mol. The molecule has 1 aromatic rings. The molecule has 2 atom stereocenters. The van der Waals surface area contributed by atoms with E-state index in [2.05, 4.69) is 4.98 Å². The van der Waals surface area contributed by atoms with Gasteiger partial charge in [0.25, 0.3) is 5.91 Å². The second-order valence-electron chi connectivity index (χ2n) is 5.13. The van der Waals surface area contributed by atoms with Crippen LogP contribution in [0, 0.1) is 0 Å². The summed E-state index contributed by atoms with van der Waals surface area (Å²) in [7, 11) is 0. The van der Waals surface area contributed by atoms with Crippen molar-refractivity contribution in [1.82, 2.24) is 9.88 Å². The van der Waals surface area contributed by atoms with Crippen LogP contribution in [-0.4, -0.2) is 44.5 Å². The van der Waals surface area contributed by atoms with E-state index in [1.807, 2.05) is 16.7 Å². The average Bonchev–Trinajstić information content (AvgIpc) is 2.46. The van der Waals surface area contributed by atoms with E-state index in [1.54, 1.807) is 12.3 Å². The van der Waals surface area contributed by atoms with Gasteiger partial charge >= 0.3 is 0 Å². The Kier molecular flexibility index (Phi) is 3.64. The Morgan fingerprint density at radius 2 is 2.26 bits per heavy atom. The Hall–Kier alpha value is -1.23. The molecule has 1 saturated heterocycles. The molecule has 0 bridgehead atoms. The number of carbonyl (C=O) groups excluding carboxylic acids is 1. The highest BCUT2D eigenvalue weighted by Gasteiger charge is 2.37. The maximum absolute atomic E-state index is 12.6. The molecule has 4 nitrogen and oxygen atoms in total. The second kappa shape index (κ2) is 5.41. The maximum Gasteiger partial charge on any atom is 0.276 e. The zero-order valence-corrected chi connectivity index (χ0v) is 11.6. The molecule has 0 spiro atoms. The lowest BCUT2D eigenvalue weighted by atomic mass is 9.93. The van der Waals surface area contributed by atoms with Crippen molar-refractivity contribution in [2.75, 3.05) is 12.3 Å². The lowest BCUT2D eigenvalue weighted by Gasteiger charge is -2.43. The summed E-state index contributed by atoms with van der Waals surface area (Å²) >= 11 is 1.99. The smallest absolute Gasteiger partial charge is 0.276 e. The Labute approximate surface area is 117 Å². The van der Waals surface area contributed by atoms with Crippen molar-refractivity contribution in [2.45, 2.75) is 37.0 Å². The summed E-state index contributed by atoms with van der Waals surface area (Å²) in [6, 6.07) is 3.49. The molecule has 1 N–H and O–H groups in total. The number of rotatable bonds is 1. The van der Waals surface area contributed by atoms with E-state index in [0.717, 1.165) is 18.7 Å². The third-order valence-electron chi connectivity index (χ3n) is 3.98. The predicted octanol–water partition coefficient (Wildman–Crippen LogP) is 2.29. The van der Waals surface area contributed by atoms with E-state index in [1.165, 1.54) is 25.3 Å². The first-order valence-corrected chi connectivity index (χ1v) is 7.89. The number of aromatic hydroxyl groups is 1. The summed E-state index contributed by atoms with van der Waals surface area (Å²) in [5, 5.41) is 10.4. The first-order valence-electron chi connectivity index (χ1n) is 6.84. The minimum atomic E-state index is -0.115. The highest BCUT2D eigenvalue weighted by molar-refractivity contribution is 8.00. The molecular formula is C14H18N2O2S. The number of hydrogen-bond donors (Lipinski definition) is 1. The van der Waals surface area contributed by atoms with Gasteiger partial charge in [-0.2, -0.15) is 11.8 Å². The molecule has 2 aliphatic rings. The zero-order valence-electron chi connectivity index (χ0n) is 10.8. The summed E-state index contributed by atoms with van der Waals surface area (Å²) in [4.78, 5) is 18.5. The normalized spacial score (nSPS) is 26.8. The molecule has 5 heteroatoms. The Balaban J connectivity index is 1.84. The molecule has 2 heterocycles. The fraction of sp³-hybridized carbons (Fsp3) is 0.571. The lowest BCUT2D eigenvalue weighted by Crippen LogP contribution is -2.51. The van der Waals surface area contributed by atoms with Crippen LogP contribution in [0.25, 0.3) is 0 Å². The van der Waals surface area contributed by atoms with Crippen LogP contribution in [0.4, 0.5) is 0 Å². The van der Waals surface area contributed by atoms with Crippen molar-refractivity contribution in [3.05, 3.63) is 24.0 Å². The van der Waals surface area contributed by atoms with E-state index in [9.17, 15) is 9.90 Å². The molecule has 1 saturated carbocycles. The van der Waals surface area contributed by atoms with Crippen molar-refractivity contribution < 1.29 is 9.90 Å². The quantitative estimate of drug-likeness (QED) is 0.856. The Morgan fingerprint density at radius 3 is 3.11 bits per heavy atom. The standard InChI is InChI=1S/C14H18N2O2S/c17-11-5-3-7-15-13(11)14(18)16-8-9-19-12-6-2-1-4-10(12)16/h3,5,7,10,12,17H,1-2,4,6,8-9H2. The van der Waals surface area contributed by atoms with Crippen molar-refractivity contribution in [3.63, 3.8) is 0 Å². The maximum atomic E-state index is 12.6. The molecule has 19 heavy (non-hydrogen) atoms. The van der Waals surface area contributed by atoms with Gasteiger partial charge in [0.05, 0.1) is 0 Å². The number of fused-ring (bicyclic) bond motifs is 1. The highest BCUT2D eigenvalue weighted by Crippen LogP contribution is 2.36. The van der Waals surface area contributed by atoms with Crippen LogP contribution in [0.3, 0.4) is 0 Å². The first kappa shape index (κ1) is 12.8. The van der Waals surface area contributed by atoms with Crippen molar-refractivity contribution in [1.29, 1.82) is 0 Å². The molecule has 1 aliphatic carbocycles. The minimum Gasteiger partial charge on any atom is -0.505 e.